The molecule has 2 rings (SSSR count). The third-order valence-corrected chi connectivity index (χ3v) is 4.04. The van der Waals surface area contributed by atoms with Gasteiger partial charge in [-0.2, -0.15) is 4.98 Å². The van der Waals surface area contributed by atoms with Crippen molar-refractivity contribution >= 4 is 29.1 Å². The average Bonchev–Trinajstić information content (AvgIpc) is 2.43. The number of thiocarbonyl (C=S) groups is 1. The lowest BCUT2D eigenvalue weighted by Gasteiger charge is -2.36. The highest BCUT2D eigenvalue weighted by Gasteiger charge is 2.23. The monoisotopic (exact) mass is 321 g/mol. The van der Waals surface area contributed by atoms with E-state index < -0.39 is 0 Å². The van der Waals surface area contributed by atoms with Gasteiger partial charge in [-0.1, -0.05) is 20.8 Å². The molecule has 0 aromatic carbocycles. The van der Waals surface area contributed by atoms with Crippen molar-refractivity contribution in [2.75, 3.05) is 29.9 Å². The van der Waals surface area contributed by atoms with E-state index in [2.05, 4.69) is 52.3 Å². The van der Waals surface area contributed by atoms with E-state index in [1.165, 1.54) is 6.42 Å². The molecular formula is C16H27N5S. The van der Waals surface area contributed by atoms with Gasteiger partial charge in [0, 0.05) is 31.4 Å². The van der Waals surface area contributed by atoms with E-state index in [9.17, 15) is 0 Å². The van der Waals surface area contributed by atoms with Crippen LogP contribution in [0.3, 0.4) is 0 Å². The third kappa shape index (κ3) is 4.80. The van der Waals surface area contributed by atoms with Crippen molar-refractivity contribution in [3.05, 3.63) is 11.8 Å². The Balaban J connectivity index is 2.10. The minimum atomic E-state index is 0.578. The Labute approximate surface area is 138 Å². The Kier molecular flexibility index (Phi) is 5.94. The van der Waals surface area contributed by atoms with Crippen LogP contribution >= 0.6 is 12.2 Å². The van der Waals surface area contributed by atoms with E-state index in [0.717, 1.165) is 37.6 Å². The zero-order valence-corrected chi connectivity index (χ0v) is 14.8. The first-order valence-electron chi connectivity index (χ1n) is 8.13. The quantitative estimate of drug-likeness (QED) is 0.832. The van der Waals surface area contributed by atoms with Crippen molar-refractivity contribution in [1.82, 2.24) is 15.3 Å². The lowest BCUT2D eigenvalue weighted by atomic mass is 9.92. The summed E-state index contributed by atoms with van der Waals surface area (Å²) in [6.07, 6.45) is 2.32. The molecule has 5 nitrogen and oxygen atoms in total. The number of nitrogens with one attached hydrogen (secondary N) is 2. The molecule has 1 fully saturated rings. The molecule has 2 heterocycles. The molecule has 1 saturated heterocycles. The molecule has 0 radical (unpaired) electrons. The maximum Gasteiger partial charge on any atom is 0.231 e. The maximum atomic E-state index is 5.27. The number of nitrogens with zero attached hydrogens (tertiary/aromatic N) is 3. The van der Waals surface area contributed by atoms with E-state index in [1.807, 2.05) is 6.92 Å². The van der Waals surface area contributed by atoms with E-state index in [1.54, 1.807) is 0 Å². The van der Waals surface area contributed by atoms with Gasteiger partial charge in [0.05, 0.1) is 0 Å². The molecule has 0 aliphatic carbocycles. The fourth-order valence-corrected chi connectivity index (χ4v) is 3.20. The SMILES string of the molecule is CCCNC(=S)Nc1nc(C)cc(N2CC(C)CC(C)C2)n1. The van der Waals surface area contributed by atoms with Gasteiger partial charge in [-0.25, -0.2) is 4.98 Å². The van der Waals surface area contributed by atoms with Crippen molar-refractivity contribution in [1.29, 1.82) is 0 Å². The second kappa shape index (κ2) is 7.72. The van der Waals surface area contributed by atoms with Gasteiger partial charge in [0.2, 0.25) is 5.95 Å². The summed E-state index contributed by atoms with van der Waals surface area (Å²) in [4.78, 5) is 11.5. The molecule has 0 spiro atoms. The molecule has 0 amide bonds. The van der Waals surface area contributed by atoms with E-state index in [-0.39, 0.29) is 0 Å². The highest BCUT2D eigenvalue weighted by atomic mass is 32.1. The summed E-state index contributed by atoms with van der Waals surface area (Å²) < 4.78 is 0. The van der Waals surface area contributed by atoms with Crippen molar-refractivity contribution in [2.24, 2.45) is 11.8 Å². The molecule has 1 aliphatic heterocycles. The lowest BCUT2D eigenvalue weighted by molar-refractivity contribution is 0.355. The average molecular weight is 321 g/mol. The summed E-state index contributed by atoms with van der Waals surface area (Å²) in [6, 6.07) is 2.05. The van der Waals surface area contributed by atoms with Crippen LogP contribution in [0.15, 0.2) is 6.07 Å². The van der Waals surface area contributed by atoms with Gasteiger partial charge in [0.15, 0.2) is 5.11 Å². The summed E-state index contributed by atoms with van der Waals surface area (Å²) in [6.45, 7) is 11.7. The summed E-state index contributed by atoms with van der Waals surface area (Å²) in [7, 11) is 0. The van der Waals surface area contributed by atoms with Gasteiger partial charge in [-0.15, -0.1) is 0 Å². The fraction of sp³-hybridized carbons (Fsp3) is 0.688. The number of hydrogen-bond acceptors (Lipinski definition) is 4. The molecule has 122 valence electrons. The molecule has 1 aliphatic rings. The van der Waals surface area contributed by atoms with Gasteiger partial charge in [0.1, 0.15) is 5.82 Å². The first-order valence-corrected chi connectivity index (χ1v) is 8.54. The molecule has 1 aromatic heterocycles. The van der Waals surface area contributed by atoms with Gasteiger partial charge in [-0.3, -0.25) is 0 Å². The number of hydrogen-bond donors (Lipinski definition) is 2. The zero-order valence-electron chi connectivity index (χ0n) is 14.0. The third-order valence-electron chi connectivity index (χ3n) is 3.79. The maximum absolute atomic E-state index is 5.27. The Morgan fingerprint density at radius 1 is 1.32 bits per heavy atom. The van der Waals surface area contributed by atoms with Crippen LogP contribution in [0.2, 0.25) is 0 Å². The van der Waals surface area contributed by atoms with Crippen molar-refractivity contribution in [2.45, 2.75) is 40.5 Å². The van der Waals surface area contributed by atoms with E-state index in [0.29, 0.717) is 22.9 Å². The van der Waals surface area contributed by atoms with Gasteiger partial charge in [-0.05, 0) is 43.8 Å². The minimum Gasteiger partial charge on any atom is -0.362 e. The zero-order chi connectivity index (χ0) is 16.1. The van der Waals surface area contributed by atoms with Gasteiger partial charge in [0.25, 0.3) is 0 Å². The van der Waals surface area contributed by atoms with Gasteiger partial charge < -0.3 is 15.5 Å². The number of aromatic nitrogens is 2. The van der Waals surface area contributed by atoms with Crippen LogP contribution in [-0.2, 0) is 0 Å². The van der Waals surface area contributed by atoms with Crippen LogP contribution in [0.4, 0.5) is 11.8 Å². The lowest BCUT2D eigenvalue weighted by Crippen LogP contribution is -2.39. The highest BCUT2D eigenvalue weighted by Crippen LogP contribution is 2.25. The van der Waals surface area contributed by atoms with Crippen molar-refractivity contribution < 1.29 is 0 Å². The largest absolute Gasteiger partial charge is 0.362 e. The minimum absolute atomic E-state index is 0.578. The van der Waals surface area contributed by atoms with E-state index in [4.69, 9.17) is 12.2 Å². The predicted octanol–water partition coefficient (Wildman–Crippen LogP) is 2.96. The molecule has 0 bridgehead atoms. The van der Waals surface area contributed by atoms with Crippen LogP contribution in [0.25, 0.3) is 0 Å². The Morgan fingerprint density at radius 2 is 2.00 bits per heavy atom. The Morgan fingerprint density at radius 3 is 2.64 bits per heavy atom. The topological polar surface area (TPSA) is 53.1 Å². The van der Waals surface area contributed by atoms with Crippen LogP contribution < -0.4 is 15.5 Å². The number of piperidine rings is 1. The molecule has 6 heteroatoms. The molecule has 22 heavy (non-hydrogen) atoms. The fourth-order valence-electron chi connectivity index (χ4n) is 3.00. The van der Waals surface area contributed by atoms with Crippen LogP contribution in [0.1, 0.15) is 39.3 Å². The second-order valence-corrected chi connectivity index (χ2v) is 6.83. The molecule has 1 aromatic rings. The van der Waals surface area contributed by atoms with Crippen molar-refractivity contribution in [3.8, 4) is 0 Å². The smallest absolute Gasteiger partial charge is 0.231 e. The Bertz CT molecular complexity index is 509. The summed E-state index contributed by atoms with van der Waals surface area (Å²) in [5.41, 5.74) is 0.955. The molecule has 0 saturated carbocycles. The number of aryl methyl sites for hydroxylation is 1. The normalized spacial score (nSPS) is 21.5. The first-order chi connectivity index (χ1) is 10.5. The second-order valence-electron chi connectivity index (χ2n) is 6.42. The molecule has 2 N–H and O–H groups in total. The van der Waals surface area contributed by atoms with E-state index >= 15 is 0 Å². The van der Waals surface area contributed by atoms with Crippen molar-refractivity contribution in [3.63, 3.8) is 0 Å². The van der Waals surface area contributed by atoms with Crippen LogP contribution in [-0.4, -0.2) is 34.7 Å². The number of rotatable bonds is 4. The van der Waals surface area contributed by atoms with Crippen LogP contribution in [0, 0.1) is 18.8 Å². The first kappa shape index (κ1) is 16.9. The summed E-state index contributed by atoms with van der Waals surface area (Å²) in [5.74, 6) is 2.96. The molecule has 2 atom stereocenters. The number of anilines is 2. The standard InChI is InChI=1S/C16H27N5S/c1-5-6-17-16(22)20-15-18-13(4)8-14(19-15)21-9-11(2)7-12(3)10-21/h8,11-12H,5-7,9-10H2,1-4H3,(H2,17,18,19,20,22). The molecule has 2 unspecified atom stereocenters. The molecular weight excluding hydrogens is 294 g/mol. The summed E-state index contributed by atoms with van der Waals surface area (Å²) >= 11 is 5.27. The Hall–Kier alpha value is -1.43. The van der Waals surface area contributed by atoms with Crippen LogP contribution in [0.5, 0.6) is 0 Å². The van der Waals surface area contributed by atoms with Gasteiger partial charge >= 0.3 is 0 Å². The predicted molar refractivity (Wildman–Crippen MR) is 96.4 cm³/mol. The summed E-state index contributed by atoms with van der Waals surface area (Å²) in [5, 5.41) is 6.81. The highest BCUT2D eigenvalue weighted by molar-refractivity contribution is 7.80.